The van der Waals surface area contributed by atoms with Crippen molar-refractivity contribution in [3.05, 3.63) is 28.8 Å². The summed E-state index contributed by atoms with van der Waals surface area (Å²) in [5, 5.41) is 0.692. The van der Waals surface area contributed by atoms with Gasteiger partial charge in [0.15, 0.2) is 0 Å². The first kappa shape index (κ1) is 8.66. The van der Waals surface area contributed by atoms with Crippen LogP contribution < -0.4 is 5.30 Å². The number of benzene rings is 1. The largest absolute Gasteiger partial charge is 0.547 e. The number of halogens is 1. The van der Waals surface area contributed by atoms with Crippen molar-refractivity contribution >= 4 is 24.9 Å². The minimum atomic E-state index is -2.31. The Labute approximate surface area is 70.7 Å². The lowest BCUT2D eigenvalue weighted by molar-refractivity contribution is 0.513. The van der Waals surface area contributed by atoms with Gasteiger partial charge in [-0.15, -0.1) is 0 Å². The second-order valence-corrected chi connectivity index (χ2v) is 3.59. The summed E-state index contributed by atoms with van der Waals surface area (Å²) in [6, 6.07) is 5.05. The van der Waals surface area contributed by atoms with E-state index >= 15 is 0 Å². The SMILES string of the molecule is Cc1cccc([P+](=O)O)c1Cl. The molecule has 4 heteroatoms. The van der Waals surface area contributed by atoms with Crippen molar-refractivity contribution in [1.82, 2.24) is 0 Å². The molecule has 0 heterocycles. The van der Waals surface area contributed by atoms with Crippen molar-refractivity contribution in [1.29, 1.82) is 0 Å². The molecule has 0 bridgehead atoms. The molecule has 11 heavy (non-hydrogen) atoms. The fourth-order valence-corrected chi connectivity index (χ4v) is 1.68. The lowest BCUT2D eigenvalue weighted by atomic mass is 10.2. The molecule has 1 N–H and O–H groups in total. The van der Waals surface area contributed by atoms with Crippen LogP contribution in [0.25, 0.3) is 0 Å². The molecule has 0 amide bonds. The summed E-state index contributed by atoms with van der Waals surface area (Å²) in [4.78, 5) is 8.75. The van der Waals surface area contributed by atoms with E-state index in [-0.39, 0.29) is 0 Å². The van der Waals surface area contributed by atoms with E-state index in [0.29, 0.717) is 10.3 Å². The summed E-state index contributed by atoms with van der Waals surface area (Å²) in [5.41, 5.74) is 0.821. The molecular weight excluding hydrogens is 183 g/mol. The van der Waals surface area contributed by atoms with E-state index in [1.54, 1.807) is 25.1 Å². The van der Waals surface area contributed by atoms with Gasteiger partial charge in [0.05, 0.1) is 5.02 Å². The second kappa shape index (κ2) is 3.31. The van der Waals surface area contributed by atoms with Gasteiger partial charge in [-0.2, -0.15) is 4.89 Å². The Kier molecular flexibility index (Phi) is 2.61. The van der Waals surface area contributed by atoms with E-state index in [4.69, 9.17) is 16.5 Å². The van der Waals surface area contributed by atoms with Gasteiger partial charge in [0, 0.05) is 0 Å². The van der Waals surface area contributed by atoms with Gasteiger partial charge in [0.2, 0.25) is 5.30 Å². The lowest BCUT2D eigenvalue weighted by Crippen LogP contribution is -1.98. The molecule has 0 aliphatic carbocycles. The Hall–Kier alpha value is -0.430. The summed E-state index contributed by atoms with van der Waals surface area (Å²) < 4.78 is 10.6. The van der Waals surface area contributed by atoms with E-state index in [1.807, 2.05) is 0 Å². The monoisotopic (exact) mass is 189 g/mol. The van der Waals surface area contributed by atoms with Crippen LogP contribution in [0.1, 0.15) is 5.56 Å². The molecule has 1 unspecified atom stereocenters. The maximum absolute atomic E-state index is 10.6. The maximum Gasteiger partial charge on any atom is 0.547 e. The number of aryl methyl sites for hydroxylation is 1. The minimum absolute atomic E-state index is 0.307. The predicted octanol–water partition coefficient (Wildman–Crippen LogP) is 2.01. The third-order valence-electron chi connectivity index (χ3n) is 1.38. The molecule has 0 aliphatic heterocycles. The topological polar surface area (TPSA) is 37.3 Å². The van der Waals surface area contributed by atoms with Crippen molar-refractivity contribution in [3.8, 4) is 0 Å². The van der Waals surface area contributed by atoms with Gasteiger partial charge in [0.25, 0.3) is 0 Å². The van der Waals surface area contributed by atoms with Gasteiger partial charge in [0.1, 0.15) is 0 Å². The first-order valence-corrected chi connectivity index (χ1v) is 4.63. The maximum atomic E-state index is 10.6. The molecule has 0 saturated carbocycles. The Morgan fingerprint density at radius 1 is 1.55 bits per heavy atom. The summed E-state index contributed by atoms with van der Waals surface area (Å²) in [6.07, 6.45) is 0. The summed E-state index contributed by atoms with van der Waals surface area (Å²) in [6.45, 7) is 1.80. The van der Waals surface area contributed by atoms with E-state index in [9.17, 15) is 4.57 Å². The highest BCUT2D eigenvalue weighted by molar-refractivity contribution is 7.47. The number of hydrogen-bond donors (Lipinski definition) is 1. The van der Waals surface area contributed by atoms with Gasteiger partial charge in [-0.1, -0.05) is 23.7 Å². The molecule has 1 aromatic rings. The van der Waals surface area contributed by atoms with Crippen LogP contribution in [0.15, 0.2) is 18.2 Å². The van der Waals surface area contributed by atoms with Crippen LogP contribution in [0.3, 0.4) is 0 Å². The average molecular weight is 190 g/mol. The molecule has 0 spiro atoms. The molecule has 1 atom stereocenters. The van der Waals surface area contributed by atoms with E-state index in [2.05, 4.69) is 0 Å². The molecule has 0 aliphatic rings. The zero-order valence-corrected chi connectivity index (χ0v) is 7.56. The van der Waals surface area contributed by atoms with Gasteiger partial charge in [-0.25, -0.2) is 0 Å². The molecule has 0 aromatic heterocycles. The molecule has 1 rings (SSSR count). The van der Waals surface area contributed by atoms with Gasteiger partial charge in [-0.3, -0.25) is 0 Å². The lowest BCUT2D eigenvalue weighted by Gasteiger charge is -1.93. The highest BCUT2D eigenvalue weighted by Gasteiger charge is 2.20. The van der Waals surface area contributed by atoms with Crippen molar-refractivity contribution < 1.29 is 9.46 Å². The highest BCUT2D eigenvalue weighted by Crippen LogP contribution is 2.22. The number of rotatable bonds is 1. The van der Waals surface area contributed by atoms with Crippen LogP contribution >= 0.6 is 19.6 Å². The molecule has 0 fully saturated rings. The van der Waals surface area contributed by atoms with Crippen molar-refractivity contribution in [2.24, 2.45) is 0 Å². The number of hydrogen-bond acceptors (Lipinski definition) is 1. The van der Waals surface area contributed by atoms with Gasteiger partial charge >= 0.3 is 8.03 Å². The predicted molar refractivity (Wildman–Crippen MR) is 45.6 cm³/mol. The van der Waals surface area contributed by atoms with Crippen LogP contribution in [0.5, 0.6) is 0 Å². The highest BCUT2D eigenvalue weighted by atomic mass is 35.5. The zero-order valence-electron chi connectivity index (χ0n) is 5.91. The zero-order chi connectivity index (χ0) is 8.43. The van der Waals surface area contributed by atoms with Crippen LogP contribution in [-0.2, 0) is 4.57 Å². The van der Waals surface area contributed by atoms with Gasteiger partial charge in [-0.05, 0) is 23.1 Å². The van der Waals surface area contributed by atoms with Crippen LogP contribution in [-0.4, -0.2) is 4.89 Å². The second-order valence-electron chi connectivity index (χ2n) is 2.18. The van der Waals surface area contributed by atoms with Crippen LogP contribution in [0, 0.1) is 6.92 Å². The van der Waals surface area contributed by atoms with E-state index in [0.717, 1.165) is 5.56 Å². The normalized spacial score (nSPS) is 11.4. The minimum Gasteiger partial charge on any atom is -0.156 e. The Balaban J connectivity index is 3.27. The molecule has 0 radical (unpaired) electrons. The first-order chi connectivity index (χ1) is 5.13. The summed E-state index contributed by atoms with van der Waals surface area (Å²) in [7, 11) is -2.31. The average Bonchev–Trinajstić information content (AvgIpc) is 1.94. The molecule has 0 saturated heterocycles. The Morgan fingerprint density at radius 3 is 2.64 bits per heavy atom. The van der Waals surface area contributed by atoms with E-state index in [1.165, 1.54) is 0 Å². The third-order valence-corrected chi connectivity index (χ3v) is 2.80. The molecule has 58 valence electrons. The molecule has 1 aromatic carbocycles. The van der Waals surface area contributed by atoms with Crippen molar-refractivity contribution in [2.75, 3.05) is 0 Å². The quantitative estimate of drug-likeness (QED) is 0.687. The first-order valence-electron chi connectivity index (χ1n) is 3.04. The Morgan fingerprint density at radius 2 is 2.18 bits per heavy atom. The Bertz CT molecular complexity index is 298. The van der Waals surface area contributed by atoms with E-state index < -0.39 is 8.03 Å². The van der Waals surface area contributed by atoms with Crippen molar-refractivity contribution in [2.45, 2.75) is 6.92 Å². The van der Waals surface area contributed by atoms with Gasteiger partial charge < -0.3 is 0 Å². The van der Waals surface area contributed by atoms with Crippen molar-refractivity contribution in [3.63, 3.8) is 0 Å². The smallest absolute Gasteiger partial charge is 0.156 e. The summed E-state index contributed by atoms with van der Waals surface area (Å²) in [5.74, 6) is 0. The fourth-order valence-electron chi connectivity index (χ4n) is 0.780. The standard InChI is InChI=1S/C7H6ClO2P/c1-5-3-2-4-6(7(5)8)11(9)10/h2-4H,1H3/p+1. The fraction of sp³-hybridized carbons (Fsp3) is 0.143. The van der Waals surface area contributed by atoms with Crippen LogP contribution in [0.4, 0.5) is 0 Å². The third kappa shape index (κ3) is 1.78. The molecular formula is C7H7ClO2P+. The summed E-state index contributed by atoms with van der Waals surface area (Å²) >= 11 is 5.74. The molecule has 2 nitrogen and oxygen atoms in total. The van der Waals surface area contributed by atoms with Crippen LogP contribution in [0.2, 0.25) is 5.02 Å².